The summed E-state index contributed by atoms with van der Waals surface area (Å²) in [5.41, 5.74) is 3.70. The monoisotopic (exact) mass is 235 g/mol. The molecule has 0 aliphatic carbocycles. The number of rotatable bonds is 5. The van der Waals surface area contributed by atoms with Crippen molar-refractivity contribution < 1.29 is 0 Å². The van der Waals surface area contributed by atoms with Crippen LogP contribution in [0.25, 0.3) is 0 Å². The van der Waals surface area contributed by atoms with Crippen LogP contribution in [0.15, 0.2) is 22.9 Å². The minimum Gasteiger partial charge on any atom is -0.307 e. The van der Waals surface area contributed by atoms with Gasteiger partial charge in [-0.05, 0) is 42.3 Å². The summed E-state index contributed by atoms with van der Waals surface area (Å²) >= 11 is 1.74. The molecule has 4 heteroatoms. The Bertz CT molecular complexity index is 431. The lowest BCUT2D eigenvalue weighted by molar-refractivity contribution is 0.579. The highest BCUT2D eigenvalue weighted by Crippen LogP contribution is 2.07. The van der Waals surface area contributed by atoms with Gasteiger partial charge in [0.15, 0.2) is 0 Å². The maximum absolute atomic E-state index is 4.42. The summed E-state index contributed by atoms with van der Waals surface area (Å²) in [6, 6.07) is 4.30. The zero-order chi connectivity index (χ0) is 11.4. The second-order valence-corrected chi connectivity index (χ2v) is 4.61. The Morgan fingerprint density at radius 3 is 3.00 bits per heavy atom. The molecule has 1 N–H and O–H groups in total. The Kier molecular flexibility index (Phi) is 3.74. The van der Waals surface area contributed by atoms with Gasteiger partial charge in [0, 0.05) is 19.6 Å². The van der Waals surface area contributed by atoms with Crippen molar-refractivity contribution in [2.75, 3.05) is 0 Å². The predicted molar refractivity (Wildman–Crippen MR) is 67.5 cm³/mol. The largest absolute Gasteiger partial charge is 0.307 e. The lowest BCUT2D eigenvalue weighted by Gasteiger charge is -2.05. The molecule has 0 aliphatic heterocycles. The lowest BCUT2D eigenvalue weighted by Crippen LogP contribution is -2.15. The first-order chi connectivity index (χ1) is 7.79. The van der Waals surface area contributed by atoms with Crippen LogP contribution in [0, 0.1) is 6.92 Å². The second kappa shape index (κ2) is 5.27. The molecule has 0 aliphatic rings. The lowest BCUT2D eigenvalue weighted by atomic mass is 10.3. The van der Waals surface area contributed by atoms with E-state index in [9.17, 15) is 0 Å². The van der Waals surface area contributed by atoms with Crippen molar-refractivity contribution in [3.63, 3.8) is 0 Å². The van der Waals surface area contributed by atoms with Crippen LogP contribution in [0.2, 0.25) is 0 Å². The molecule has 0 unspecified atom stereocenters. The number of nitrogens with zero attached hydrogens (tertiary/aromatic N) is 2. The zero-order valence-electron chi connectivity index (χ0n) is 9.73. The molecule has 0 atom stereocenters. The van der Waals surface area contributed by atoms with E-state index in [-0.39, 0.29) is 0 Å². The molecule has 16 heavy (non-hydrogen) atoms. The molecule has 0 bridgehead atoms. The van der Waals surface area contributed by atoms with Crippen LogP contribution >= 0.6 is 11.3 Å². The van der Waals surface area contributed by atoms with Crippen molar-refractivity contribution in [2.45, 2.75) is 33.5 Å². The fourth-order valence-electron chi connectivity index (χ4n) is 1.74. The number of aryl methyl sites for hydroxylation is 2. The summed E-state index contributed by atoms with van der Waals surface area (Å²) in [6.07, 6.45) is 0. The number of hydrogen-bond acceptors (Lipinski definition) is 3. The van der Waals surface area contributed by atoms with Crippen molar-refractivity contribution >= 4 is 11.3 Å². The third-order valence-electron chi connectivity index (χ3n) is 2.50. The Balaban J connectivity index is 1.89. The first kappa shape index (κ1) is 11.4. The molecular formula is C12H17N3S. The molecule has 0 fully saturated rings. The van der Waals surface area contributed by atoms with Crippen LogP contribution in [-0.4, -0.2) is 9.78 Å². The van der Waals surface area contributed by atoms with E-state index >= 15 is 0 Å². The molecule has 0 saturated heterocycles. The average Bonchev–Trinajstić information content (AvgIpc) is 2.88. The number of nitrogens with one attached hydrogen (secondary N) is 1. The molecular weight excluding hydrogens is 218 g/mol. The van der Waals surface area contributed by atoms with Crippen LogP contribution in [0.4, 0.5) is 0 Å². The van der Waals surface area contributed by atoms with Crippen molar-refractivity contribution in [1.82, 2.24) is 15.1 Å². The minimum atomic E-state index is 0.879. The Morgan fingerprint density at radius 1 is 1.44 bits per heavy atom. The van der Waals surface area contributed by atoms with Crippen LogP contribution in [0.3, 0.4) is 0 Å². The minimum absolute atomic E-state index is 0.879. The van der Waals surface area contributed by atoms with E-state index in [4.69, 9.17) is 0 Å². The predicted octanol–water partition coefficient (Wildman–Crippen LogP) is 2.56. The highest BCUT2D eigenvalue weighted by atomic mass is 32.1. The van der Waals surface area contributed by atoms with Crippen LogP contribution < -0.4 is 5.32 Å². The van der Waals surface area contributed by atoms with Crippen molar-refractivity contribution in [1.29, 1.82) is 0 Å². The van der Waals surface area contributed by atoms with Gasteiger partial charge < -0.3 is 5.32 Å². The maximum Gasteiger partial charge on any atom is 0.0597 e. The summed E-state index contributed by atoms with van der Waals surface area (Å²) in [7, 11) is 0. The quantitative estimate of drug-likeness (QED) is 0.863. The summed E-state index contributed by atoms with van der Waals surface area (Å²) < 4.78 is 2.05. The Labute approximate surface area is 100 Å². The summed E-state index contributed by atoms with van der Waals surface area (Å²) in [5, 5.41) is 12.1. The topological polar surface area (TPSA) is 29.9 Å². The van der Waals surface area contributed by atoms with Crippen molar-refractivity contribution in [3.05, 3.63) is 39.8 Å². The van der Waals surface area contributed by atoms with Gasteiger partial charge in [-0.25, -0.2) is 0 Å². The molecule has 2 heterocycles. The van der Waals surface area contributed by atoms with Gasteiger partial charge in [0.1, 0.15) is 0 Å². The second-order valence-electron chi connectivity index (χ2n) is 3.83. The molecule has 2 aromatic rings. The van der Waals surface area contributed by atoms with Crippen LogP contribution in [0.5, 0.6) is 0 Å². The third-order valence-corrected chi connectivity index (χ3v) is 3.23. The smallest absolute Gasteiger partial charge is 0.0597 e. The first-order valence-electron chi connectivity index (χ1n) is 5.54. The van der Waals surface area contributed by atoms with Gasteiger partial charge in [-0.2, -0.15) is 16.4 Å². The van der Waals surface area contributed by atoms with E-state index in [1.807, 2.05) is 6.92 Å². The average molecular weight is 235 g/mol. The van der Waals surface area contributed by atoms with E-state index in [2.05, 4.69) is 44.9 Å². The highest BCUT2D eigenvalue weighted by molar-refractivity contribution is 7.07. The zero-order valence-corrected chi connectivity index (χ0v) is 10.5. The summed E-state index contributed by atoms with van der Waals surface area (Å²) in [6.45, 7) is 6.90. The summed E-state index contributed by atoms with van der Waals surface area (Å²) in [5.74, 6) is 0. The molecule has 2 rings (SSSR count). The maximum atomic E-state index is 4.42. The van der Waals surface area contributed by atoms with Crippen molar-refractivity contribution in [2.24, 2.45) is 0 Å². The van der Waals surface area contributed by atoms with Crippen molar-refractivity contribution in [3.8, 4) is 0 Å². The molecule has 86 valence electrons. The standard InChI is InChI=1S/C12H17N3S/c1-3-15-12(6-10(2)14-15)8-13-7-11-4-5-16-9-11/h4-6,9,13H,3,7-8H2,1-2H3. The molecule has 0 radical (unpaired) electrons. The van der Waals surface area contributed by atoms with E-state index < -0.39 is 0 Å². The van der Waals surface area contributed by atoms with Gasteiger partial charge in [0.25, 0.3) is 0 Å². The van der Waals surface area contributed by atoms with Gasteiger partial charge in [0.2, 0.25) is 0 Å². The van der Waals surface area contributed by atoms with E-state index in [0.717, 1.165) is 25.3 Å². The van der Waals surface area contributed by atoms with Gasteiger partial charge in [-0.1, -0.05) is 0 Å². The Hall–Kier alpha value is -1.13. The molecule has 0 spiro atoms. The number of aromatic nitrogens is 2. The molecule has 0 amide bonds. The fraction of sp³-hybridized carbons (Fsp3) is 0.417. The van der Waals surface area contributed by atoms with Gasteiger partial charge in [-0.3, -0.25) is 4.68 Å². The normalized spacial score (nSPS) is 10.9. The fourth-order valence-corrected chi connectivity index (χ4v) is 2.41. The van der Waals surface area contributed by atoms with E-state index in [1.54, 1.807) is 11.3 Å². The number of hydrogen-bond donors (Lipinski definition) is 1. The van der Waals surface area contributed by atoms with Gasteiger partial charge in [0.05, 0.1) is 11.4 Å². The SMILES string of the molecule is CCn1nc(C)cc1CNCc1ccsc1. The van der Waals surface area contributed by atoms with Crippen LogP contribution in [-0.2, 0) is 19.6 Å². The van der Waals surface area contributed by atoms with E-state index in [0.29, 0.717) is 0 Å². The van der Waals surface area contributed by atoms with Gasteiger partial charge in [-0.15, -0.1) is 0 Å². The van der Waals surface area contributed by atoms with E-state index in [1.165, 1.54) is 11.3 Å². The highest BCUT2D eigenvalue weighted by Gasteiger charge is 2.03. The molecule has 2 aromatic heterocycles. The Morgan fingerprint density at radius 2 is 2.31 bits per heavy atom. The number of thiophene rings is 1. The molecule has 3 nitrogen and oxygen atoms in total. The van der Waals surface area contributed by atoms with Gasteiger partial charge >= 0.3 is 0 Å². The summed E-state index contributed by atoms with van der Waals surface area (Å²) in [4.78, 5) is 0. The third kappa shape index (κ3) is 2.71. The first-order valence-corrected chi connectivity index (χ1v) is 6.49. The van der Waals surface area contributed by atoms with Crippen LogP contribution in [0.1, 0.15) is 23.9 Å². The molecule has 0 aromatic carbocycles. The molecule has 0 saturated carbocycles.